The maximum atomic E-state index is 13.0. The Labute approximate surface area is 183 Å². The predicted octanol–water partition coefficient (Wildman–Crippen LogP) is 2.67. The molecule has 2 amide bonds. The molecule has 0 bridgehead atoms. The molecule has 0 spiro atoms. The van der Waals surface area contributed by atoms with E-state index in [-0.39, 0.29) is 31.4 Å². The number of rotatable bonds is 7. The van der Waals surface area contributed by atoms with Gasteiger partial charge in [0, 0.05) is 31.8 Å². The first kappa shape index (κ1) is 22.8. The second-order valence-corrected chi connectivity index (χ2v) is 8.50. The predicted molar refractivity (Wildman–Crippen MR) is 114 cm³/mol. The van der Waals surface area contributed by atoms with Crippen molar-refractivity contribution in [2.24, 2.45) is 0 Å². The average molecular weight is 439 g/mol. The maximum absolute atomic E-state index is 13.0. The van der Waals surface area contributed by atoms with E-state index in [0.717, 1.165) is 37.9 Å². The number of amides is 2. The third-order valence-electron chi connectivity index (χ3n) is 5.68. The summed E-state index contributed by atoms with van der Waals surface area (Å²) in [6.07, 6.45) is 3.39. The van der Waals surface area contributed by atoms with Crippen molar-refractivity contribution < 1.29 is 23.8 Å². The van der Waals surface area contributed by atoms with Crippen LogP contribution in [0, 0.1) is 6.92 Å². The maximum Gasteiger partial charge on any atom is 0.248 e. The summed E-state index contributed by atoms with van der Waals surface area (Å²) in [6, 6.07) is 5.44. The van der Waals surface area contributed by atoms with Gasteiger partial charge in [0.05, 0.1) is 19.6 Å². The number of methoxy groups -OCH3 is 1. The highest BCUT2D eigenvalue weighted by Gasteiger charge is 2.42. The minimum absolute atomic E-state index is 0.00733. The Morgan fingerprint density at radius 2 is 1.90 bits per heavy atom. The van der Waals surface area contributed by atoms with Crippen molar-refractivity contribution in [1.82, 2.24) is 9.80 Å². The van der Waals surface area contributed by atoms with Gasteiger partial charge >= 0.3 is 0 Å². The fraction of sp³-hybridized carbons (Fsp3) is 0.636. The van der Waals surface area contributed by atoms with E-state index in [0.29, 0.717) is 30.5 Å². The number of likely N-dealkylation sites (tertiary alicyclic amines) is 1. The number of ether oxygens (including phenoxy) is 3. The molecule has 0 unspecified atom stereocenters. The molecule has 30 heavy (non-hydrogen) atoms. The second-order valence-electron chi connectivity index (χ2n) is 8.10. The van der Waals surface area contributed by atoms with Crippen LogP contribution in [0.15, 0.2) is 18.2 Å². The third kappa shape index (κ3) is 5.86. The lowest BCUT2D eigenvalue weighted by molar-refractivity contribution is -0.168. The van der Waals surface area contributed by atoms with Gasteiger partial charge in [0.1, 0.15) is 24.6 Å². The number of aryl methyl sites for hydroxylation is 1. The van der Waals surface area contributed by atoms with Gasteiger partial charge in [-0.05, 0) is 49.9 Å². The average Bonchev–Trinajstić information content (AvgIpc) is 2.75. The zero-order valence-electron chi connectivity index (χ0n) is 17.8. The quantitative estimate of drug-likeness (QED) is 0.654. The number of benzene rings is 1. The van der Waals surface area contributed by atoms with Crippen LogP contribution >= 0.6 is 11.6 Å². The highest BCUT2D eigenvalue weighted by molar-refractivity contribution is 6.31. The molecule has 0 aliphatic carbocycles. The number of piperidine rings is 1. The Balaban J connectivity index is 1.75. The minimum atomic E-state index is -0.899. The summed E-state index contributed by atoms with van der Waals surface area (Å²) in [6.45, 7) is 4.76. The van der Waals surface area contributed by atoms with Gasteiger partial charge in [-0.1, -0.05) is 11.6 Å². The lowest BCUT2D eigenvalue weighted by atomic mass is 9.96. The first-order valence-corrected chi connectivity index (χ1v) is 10.9. The van der Waals surface area contributed by atoms with Crippen LogP contribution in [0.4, 0.5) is 0 Å². The number of nitrogens with zero attached hydrogens (tertiary/aromatic N) is 2. The van der Waals surface area contributed by atoms with E-state index >= 15 is 0 Å². The van der Waals surface area contributed by atoms with Gasteiger partial charge in [-0.2, -0.15) is 0 Å². The third-order valence-corrected chi connectivity index (χ3v) is 6.11. The fourth-order valence-electron chi connectivity index (χ4n) is 3.97. The number of carbonyl (C=O) groups excluding carboxylic acids is 2. The van der Waals surface area contributed by atoms with E-state index in [1.165, 1.54) is 7.11 Å². The Morgan fingerprint density at radius 1 is 1.13 bits per heavy atom. The van der Waals surface area contributed by atoms with Crippen LogP contribution in [-0.4, -0.2) is 80.3 Å². The molecular weight excluding hydrogens is 408 g/mol. The van der Waals surface area contributed by atoms with Crippen molar-refractivity contribution in [2.45, 2.75) is 38.2 Å². The number of hydrogen-bond donors (Lipinski definition) is 0. The summed E-state index contributed by atoms with van der Waals surface area (Å²) < 4.78 is 17.2. The molecule has 3 rings (SSSR count). The number of carbonyl (C=O) groups is 2. The first-order valence-electron chi connectivity index (χ1n) is 10.5. The topological polar surface area (TPSA) is 68.3 Å². The van der Waals surface area contributed by atoms with Crippen molar-refractivity contribution in [1.29, 1.82) is 0 Å². The van der Waals surface area contributed by atoms with E-state index < -0.39 is 5.60 Å². The van der Waals surface area contributed by atoms with Crippen LogP contribution < -0.4 is 4.74 Å². The van der Waals surface area contributed by atoms with Crippen LogP contribution in [-0.2, 0) is 19.1 Å². The molecule has 1 atom stereocenters. The van der Waals surface area contributed by atoms with Gasteiger partial charge in [0.2, 0.25) is 11.8 Å². The van der Waals surface area contributed by atoms with Crippen LogP contribution in [0.2, 0.25) is 5.02 Å². The fourth-order valence-corrected chi connectivity index (χ4v) is 4.09. The summed E-state index contributed by atoms with van der Waals surface area (Å²) in [4.78, 5) is 29.1. The van der Waals surface area contributed by atoms with Crippen LogP contribution in [0.5, 0.6) is 5.75 Å². The largest absolute Gasteiger partial charge is 0.490 e. The molecule has 2 fully saturated rings. The number of morpholine rings is 1. The van der Waals surface area contributed by atoms with Crippen molar-refractivity contribution in [3.63, 3.8) is 0 Å². The Kier molecular flexibility index (Phi) is 7.97. The monoisotopic (exact) mass is 438 g/mol. The number of hydrogen-bond acceptors (Lipinski definition) is 5. The molecule has 8 heteroatoms. The molecule has 0 saturated carbocycles. The smallest absolute Gasteiger partial charge is 0.248 e. The standard InChI is InChI=1S/C22H31ClN2O5/c1-17-12-18(6-7-19(17)23)29-16-22(13-20(26)24-8-4-3-5-9-24)15-25(10-11-30-22)21(27)14-28-2/h6-7,12H,3-5,8-11,13-16H2,1-2H3/t22-/m0/s1. The molecule has 166 valence electrons. The molecular formula is C22H31ClN2O5. The summed E-state index contributed by atoms with van der Waals surface area (Å²) in [7, 11) is 1.50. The Morgan fingerprint density at radius 3 is 2.60 bits per heavy atom. The first-order chi connectivity index (χ1) is 14.4. The summed E-state index contributed by atoms with van der Waals surface area (Å²) in [5.41, 5.74) is 0.0121. The van der Waals surface area contributed by atoms with Gasteiger partial charge in [0.25, 0.3) is 0 Å². The SMILES string of the molecule is COCC(=O)N1CCO[C@@](COc2ccc(Cl)c(C)c2)(CC(=O)N2CCCCC2)C1. The van der Waals surface area contributed by atoms with E-state index in [4.69, 9.17) is 25.8 Å². The van der Waals surface area contributed by atoms with Crippen molar-refractivity contribution >= 4 is 23.4 Å². The molecule has 1 aromatic carbocycles. The highest BCUT2D eigenvalue weighted by Crippen LogP contribution is 2.28. The Hall–Kier alpha value is -1.83. The van der Waals surface area contributed by atoms with Gasteiger partial charge < -0.3 is 24.0 Å². The zero-order chi connectivity index (χ0) is 21.6. The summed E-state index contributed by atoms with van der Waals surface area (Å²) in [5.74, 6) is 0.593. The normalized spacial score (nSPS) is 22.1. The lowest BCUT2D eigenvalue weighted by Crippen LogP contribution is -2.59. The van der Waals surface area contributed by atoms with Gasteiger partial charge in [-0.25, -0.2) is 0 Å². The molecule has 2 aliphatic rings. The van der Waals surface area contributed by atoms with E-state index in [9.17, 15) is 9.59 Å². The highest BCUT2D eigenvalue weighted by atomic mass is 35.5. The van der Waals surface area contributed by atoms with E-state index in [2.05, 4.69) is 0 Å². The van der Waals surface area contributed by atoms with Crippen LogP contribution in [0.1, 0.15) is 31.2 Å². The van der Waals surface area contributed by atoms with Gasteiger partial charge in [-0.15, -0.1) is 0 Å². The van der Waals surface area contributed by atoms with Crippen molar-refractivity contribution in [2.75, 3.05) is 53.1 Å². The van der Waals surface area contributed by atoms with Crippen LogP contribution in [0.25, 0.3) is 0 Å². The zero-order valence-corrected chi connectivity index (χ0v) is 18.6. The molecule has 2 saturated heterocycles. The molecule has 7 nitrogen and oxygen atoms in total. The molecule has 2 heterocycles. The Bertz CT molecular complexity index is 753. The molecule has 2 aliphatic heterocycles. The summed E-state index contributed by atoms with van der Waals surface area (Å²) in [5, 5.41) is 0.669. The van der Waals surface area contributed by atoms with Crippen molar-refractivity contribution in [3.05, 3.63) is 28.8 Å². The molecule has 0 N–H and O–H groups in total. The number of halogens is 1. The molecule has 0 aromatic heterocycles. The summed E-state index contributed by atoms with van der Waals surface area (Å²) >= 11 is 6.11. The van der Waals surface area contributed by atoms with Crippen molar-refractivity contribution in [3.8, 4) is 5.75 Å². The molecule has 0 radical (unpaired) electrons. The van der Waals surface area contributed by atoms with E-state index in [1.807, 2.05) is 17.9 Å². The van der Waals surface area contributed by atoms with Crippen LogP contribution in [0.3, 0.4) is 0 Å². The molecule has 1 aromatic rings. The second kappa shape index (κ2) is 10.5. The minimum Gasteiger partial charge on any atom is -0.490 e. The lowest BCUT2D eigenvalue weighted by Gasteiger charge is -2.43. The van der Waals surface area contributed by atoms with Gasteiger partial charge in [-0.3, -0.25) is 9.59 Å². The van der Waals surface area contributed by atoms with E-state index in [1.54, 1.807) is 17.0 Å². The van der Waals surface area contributed by atoms with Gasteiger partial charge in [0.15, 0.2) is 0 Å².